The fourth-order valence-electron chi connectivity index (χ4n) is 4.29. The number of aromatic nitrogens is 3. The van der Waals surface area contributed by atoms with Gasteiger partial charge in [-0.25, -0.2) is 4.68 Å². The molecule has 1 aromatic carbocycles. The zero-order valence-electron chi connectivity index (χ0n) is 17.7. The molecule has 2 aliphatic heterocycles. The van der Waals surface area contributed by atoms with Crippen LogP contribution in [0.2, 0.25) is 0 Å². The molecule has 3 aromatic rings. The molecular weight excluding hydrogens is 390 g/mol. The third kappa shape index (κ3) is 4.73. The molecule has 0 aliphatic carbocycles. The van der Waals surface area contributed by atoms with E-state index in [1.54, 1.807) is 0 Å². The molecule has 2 aromatic heterocycles. The fourth-order valence-corrected chi connectivity index (χ4v) is 4.29. The summed E-state index contributed by atoms with van der Waals surface area (Å²) in [6.07, 6.45) is 6.31. The van der Waals surface area contributed by atoms with E-state index >= 15 is 0 Å². The molecule has 31 heavy (non-hydrogen) atoms. The molecular formula is C24H29N5O2. The molecule has 7 heteroatoms. The quantitative estimate of drug-likeness (QED) is 0.573. The van der Waals surface area contributed by atoms with Crippen LogP contribution >= 0.6 is 0 Å². The lowest BCUT2D eigenvalue weighted by Crippen LogP contribution is -2.31. The Morgan fingerprint density at radius 3 is 2.87 bits per heavy atom. The molecule has 0 saturated carbocycles. The van der Waals surface area contributed by atoms with Gasteiger partial charge in [0.05, 0.1) is 18.0 Å². The van der Waals surface area contributed by atoms with Crippen molar-refractivity contribution in [3.63, 3.8) is 0 Å². The normalized spacial score (nSPS) is 18.2. The van der Waals surface area contributed by atoms with Gasteiger partial charge in [-0.1, -0.05) is 18.2 Å². The van der Waals surface area contributed by atoms with Crippen molar-refractivity contribution in [2.45, 2.75) is 44.9 Å². The monoisotopic (exact) mass is 419 g/mol. The lowest BCUT2D eigenvalue weighted by molar-refractivity contribution is 0.188. The maximum absolute atomic E-state index is 9.74. The minimum Gasteiger partial charge on any atom is -0.478 e. The Morgan fingerprint density at radius 2 is 1.97 bits per heavy atom. The Kier molecular flexibility index (Phi) is 5.86. The van der Waals surface area contributed by atoms with E-state index in [0.717, 1.165) is 68.8 Å². The number of pyridine rings is 1. The first kappa shape index (κ1) is 20.0. The molecule has 4 heterocycles. The van der Waals surface area contributed by atoms with Gasteiger partial charge in [-0.2, -0.15) is 10.1 Å². The molecule has 7 nitrogen and oxygen atoms in total. The van der Waals surface area contributed by atoms with E-state index in [9.17, 15) is 5.11 Å². The highest BCUT2D eigenvalue weighted by atomic mass is 16.5. The van der Waals surface area contributed by atoms with E-state index in [-0.39, 0.29) is 0 Å². The van der Waals surface area contributed by atoms with Gasteiger partial charge in [0, 0.05) is 37.3 Å². The second-order valence-corrected chi connectivity index (χ2v) is 8.32. The van der Waals surface area contributed by atoms with Crippen LogP contribution in [0.5, 0.6) is 5.88 Å². The molecule has 1 atom stereocenters. The molecule has 2 aliphatic rings. The second-order valence-electron chi connectivity index (χ2n) is 8.32. The standard InChI is InChI=1S/C24H29N5O2/c30-22-10-8-18-9-11-23(26-24(18)25-22)31-15-5-4-13-28-14-12-21-19(16-28)17-29(27-21)20-6-2-1-3-7-20/h1-3,6-7,9,11,17,22,30H,4-5,8,10,12-16H2,(H,25,26). The van der Waals surface area contributed by atoms with E-state index < -0.39 is 6.23 Å². The molecule has 162 valence electrons. The zero-order valence-corrected chi connectivity index (χ0v) is 17.7. The topological polar surface area (TPSA) is 75.4 Å². The predicted molar refractivity (Wildman–Crippen MR) is 119 cm³/mol. The smallest absolute Gasteiger partial charge is 0.215 e. The van der Waals surface area contributed by atoms with Gasteiger partial charge in [0.1, 0.15) is 12.0 Å². The summed E-state index contributed by atoms with van der Waals surface area (Å²) in [5, 5.41) is 17.5. The number of para-hydroxylation sites is 1. The van der Waals surface area contributed by atoms with Crippen LogP contribution in [0.15, 0.2) is 48.7 Å². The van der Waals surface area contributed by atoms with Crippen LogP contribution < -0.4 is 10.1 Å². The number of nitrogens with one attached hydrogen (secondary N) is 1. The van der Waals surface area contributed by atoms with Gasteiger partial charge < -0.3 is 15.2 Å². The number of nitrogens with zero attached hydrogens (tertiary/aromatic N) is 4. The average Bonchev–Trinajstić information content (AvgIpc) is 3.23. The van der Waals surface area contributed by atoms with Crippen LogP contribution in [0.4, 0.5) is 5.82 Å². The number of fused-ring (bicyclic) bond motifs is 2. The summed E-state index contributed by atoms with van der Waals surface area (Å²) in [6.45, 7) is 3.73. The number of ether oxygens (including phenoxy) is 1. The van der Waals surface area contributed by atoms with Crippen LogP contribution in [0, 0.1) is 0 Å². The van der Waals surface area contributed by atoms with Crippen LogP contribution in [-0.4, -0.2) is 50.7 Å². The average molecular weight is 420 g/mol. The third-order valence-electron chi connectivity index (χ3n) is 6.02. The number of rotatable bonds is 7. The summed E-state index contributed by atoms with van der Waals surface area (Å²) in [7, 11) is 0. The number of unbranched alkanes of at least 4 members (excludes halogenated alkanes) is 1. The molecule has 0 fully saturated rings. The van der Waals surface area contributed by atoms with Crippen molar-refractivity contribution in [1.29, 1.82) is 0 Å². The molecule has 0 spiro atoms. The van der Waals surface area contributed by atoms with Gasteiger partial charge in [-0.3, -0.25) is 4.90 Å². The first-order valence-electron chi connectivity index (χ1n) is 11.2. The van der Waals surface area contributed by atoms with E-state index in [2.05, 4.69) is 33.5 Å². The Balaban J connectivity index is 1.07. The van der Waals surface area contributed by atoms with Crippen molar-refractivity contribution >= 4 is 5.82 Å². The third-order valence-corrected chi connectivity index (χ3v) is 6.02. The lowest BCUT2D eigenvalue weighted by Gasteiger charge is -2.25. The van der Waals surface area contributed by atoms with Gasteiger partial charge in [0.25, 0.3) is 0 Å². The number of aliphatic hydroxyl groups is 1. The van der Waals surface area contributed by atoms with Gasteiger partial charge in [-0.15, -0.1) is 0 Å². The van der Waals surface area contributed by atoms with Crippen LogP contribution in [0.25, 0.3) is 5.69 Å². The lowest BCUT2D eigenvalue weighted by atomic mass is 10.1. The van der Waals surface area contributed by atoms with E-state index in [0.29, 0.717) is 12.5 Å². The SMILES string of the molecule is OC1CCc2ccc(OCCCCN3CCc4nn(-c5ccccc5)cc4C3)nc2N1. The Labute approximate surface area is 182 Å². The fraction of sp³-hybridized carbons (Fsp3) is 0.417. The number of anilines is 1. The number of aliphatic hydroxyl groups excluding tert-OH is 1. The summed E-state index contributed by atoms with van der Waals surface area (Å²) in [5.41, 5.74) is 4.80. The van der Waals surface area contributed by atoms with Gasteiger partial charge in [-0.05, 0) is 56.0 Å². The predicted octanol–water partition coefficient (Wildman–Crippen LogP) is 3.16. The highest BCUT2D eigenvalue weighted by molar-refractivity contribution is 5.48. The van der Waals surface area contributed by atoms with Crippen LogP contribution in [0.1, 0.15) is 36.1 Å². The van der Waals surface area contributed by atoms with Crippen molar-refractivity contribution in [3.8, 4) is 11.6 Å². The highest BCUT2D eigenvalue weighted by Crippen LogP contribution is 2.25. The summed E-state index contributed by atoms with van der Waals surface area (Å²) in [4.78, 5) is 6.99. The largest absolute Gasteiger partial charge is 0.478 e. The first-order valence-corrected chi connectivity index (χ1v) is 11.2. The number of hydrogen-bond donors (Lipinski definition) is 2. The Hall–Kier alpha value is -2.90. The summed E-state index contributed by atoms with van der Waals surface area (Å²) in [6, 6.07) is 14.3. The van der Waals surface area contributed by atoms with Crippen LogP contribution in [-0.2, 0) is 19.4 Å². The number of benzene rings is 1. The summed E-state index contributed by atoms with van der Waals surface area (Å²) < 4.78 is 7.84. The molecule has 1 unspecified atom stereocenters. The number of hydrogen-bond acceptors (Lipinski definition) is 6. The molecule has 0 bridgehead atoms. The first-order chi connectivity index (χ1) is 15.2. The maximum atomic E-state index is 9.74. The van der Waals surface area contributed by atoms with Crippen molar-refractivity contribution in [2.24, 2.45) is 0 Å². The minimum absolute atomic E-state index is 0.514. The van der Waals surface area contributed by atoms with E-state index in [1.165, 1.54) is 11.3 Å². The molecule has 0 saturated heterocycles. The van der Waals surface area contributed by atoms with E-state index in [4.69, 9.17) is 9.84 Å². The highest BCUT2D eigenvalue weighted by Gasteiger charge is 2.20. The number of aryl methyl sites for hydroxylation is 1. The van der Waals surface area contributed by atoms with Gasteiger partial charge in [0.15, 0.2) is 0 Å². The van der Waals surface area contributed by atoms with Gasteiger partial charge in [0.2, 0.25) is 5.88 Å². The van der Waals surface area contributed by atoms with Crippen LogP contribution in [0.3, 0.4) is 0 Å². The molecule has 0 amide bonds. The van der Waals surface area contributed by atoms with Crippen molar-refractivity contribution in [1.82, 2.24) is 19.7 Å². The molecule has 2 N–H and O–H groups in total. The van der Waals surface area contributed by atoms with Crippen molar-refractivity contribution in [3.05, 3.63) is 65.5 Å². The Morgan fingerprint density at radius 1 is 1.06 bits per heavy atom. The van der Waals surface area contributed by atoms with Crippen molar-refractivity contribution < 1.29 is 9.84 Å². The summed E-state index contributed by atoms with van der Waals surface area (Å²) >= 11 is 0. The molecule has 5 rings (SSSR count). The summed E-state index contributed by atoms with van der Waals surface area (Å²) in [5.74, 6) is 1.37. The van der Waals surface area contributed by atoms with E-state index in [1.807, 2.05) is 35.0 Å². The maximum Gasteiger partial charge on any atom is 0.215 e. The second kappa shape index (κ2) is 9.08. The van der Waals surface area contributed by atoms with Crippen molar-refractivity contribution in [2.75, 3.05) is 25.0 Å². The van der Waals surface area contributed by atoms with Gasteiger partial charge >= 0.3 is 0 Å². The zero-order chi connectivity index (χ0) is 21.0. The minimum atomic E-state index is -0.514. The molecule has 0 radical (unpaired) electrons. The Bertz CT molecular complexity index is 1020.